The zero-order chi connectivity index (χ0) is 28.2. The van der Waals surface area contributed by atoms with Gasteiger partial charge in [0, 0.05) is 18.4 Å². The second kappa shape index (κ2) is 12.6. The van der Waals surface area contributed by atoms with Gasteiger partial charge in [0.05, 0.1) is 6.04 Å². The minimum atomic E-state index is -3.59. The number of amides is 3. The molecule has 0 unspecified atom stereocenters. The highest BCUT2D eigenvalue weighted by molar-refractivity contribution is 7.92. The van der Waals surface area contributed by atoms with Gasteiger partial charge in [-0.1, -0.05) is 60.9 Å². The normalized spacial score (nSPS) is 19.9. The molecule has 12 heteroatoms. The van der Waals surface area contributed by atoms with Gasteiger partial charge in [-0.3, -0.25) is 14.4 Å². The lowest BCUT2D eigenvalue weighted by Gasteiger charge is -2.35. The summed E-state index contributed by atoms with van der Waals surface area (Å²) in [5.74, 6) is -0.848. The highest BCUT2D eigenvalue weighted by atomic mass is 32.2. The van der Waals surface area contributed by atoms with Gasteiger partial charge in [0.25, 0.3) is 0 Å². The largest absolute Gasteiger partial charge is 0.343 e. The predicted octanol–water partition coefficient (Wildman–Crippen LogP) is 2.82. The molecule has 4 rings (SSSR count). The van der Waals surface area contributed by atoms with Gasteiger partial charge in [-0.05, 0) is 45.6 Å². The van der Waals surface area contributed by atoms with Crippen molar-refractivity contribution in [3.63, 3.8) is 0 Å². The summed E-state index contributed by atoms with van der Waals surface area (Å²) in [7, 11) is -1.89. The summed E-state index contributed by atoms with van der Waals surface area (Å²) in [5.41, 5.74) is 1.05. The zero-order valence-corrected chi connectivity index (χ0v) is 24.2. The first-order valence-electron chi connectivity index (χ1n) is 13.5. The number of carbonyl (C=O) groups excluding carboxylic acids is 3. The molecule has 10 nitrogen and oxygen atoms in total. The Balaban J connectivity index is 1.57. The van der Waals surface area contributed by atoms with E-state index in [1.165, 1.54) is 0 Å². The number of hydrogen-bond acceptors (Lipinski definition) is 8. The van der Waals surface area contributed by atoms with Crippen molar-refractivity contribution in [3.8, 4) is 11.3 Å². The number of nitrogens with zero attached hydrogens (tertiary/aromatic N) is 2. The number of hydrogen-bond donors (Lipinski definition) is 3. The van der Waals surface area contributed by atoms with Gasteiger partial charge in [0.2, 0.25) is 31.9 Å². The van der Waals surface area contributed by atoms with Crippen molar-refractivity contribution in [2.75, 3.05) is 25.2 Å². The molecule has 2 aliphatic rings. The fraction of sp³-hybridized carbons (Fsp3) is 0.556. The molecule has 1 saturated carbocycles. The topological polar surface area (TPSA) is 138 Å². The number of sulfone groups is 1. The molecule has 3 atom stereocenters. The van der Waals surface area contributed by atoms with Crippen molar-refractivity contribution < 1.29 is 22.8 Å². The van der Waals surface area contributed by atoms with E-state index in [0.717, 1.165) is 49.7 Å². The van der Waals surface area contributed by atoms with Crippen LogP contribution in [0.25, 0.3) is 11.3 Å². The third-order valence-corrected chi connectivity index (χ3v) is 10.2. The average Bonchev–Trinajstić information content (AvgIpc) is 3.59. The molecule has 39 heavy (non-hydrogen) atoms. The molecule has 3 N–H and O–H groups in total. The number of nitrogens with one attached hydrogen (secondary N) is 3. The number of thiazole rings is 1. The number of benzene rings is 1. The number of anilines is 1. The molecule has 1 aliphatic carbocycles. The van der Waals surface area contributed by atoms with E-state index in [-0.39, 0.29) is 28.0 Å². The van der Waals surface area contributed by atoms with E-state index in [9.17, 15) is 22.8 Å². The number of aromatic nitrogens is 1. The number of likely N-dealkylation sites (tertiary alicyclic amines) is 1. The molecular weight excluding hydrogens is 538 g/mol. The van der Waals surface area contributed by atoms with Crippen LogP contribution < -0.4 is 16.0 Å². The van der Waals surface area contributed by atoms with Crippen LogP contribution in [0.5, 0.6) is 0 Å². The van der Waals surface area contributed by atoms with Crippen molar-refractivity contribution in [1.82, 2.24) is 20.5 Å². The Kier molecular flexibility index (Phi) is 9.39. The number of rotatable bonds is 9. The maximum absolute atomic E-state index is 13.9. The van der Waals surface area contributed by atoms with Crippen LogP contribution in [0.2, 0.25) is 0 Å². The third-order valence-electron chi connectivity index (χ3n) is 7.56. The molecule has 1 saturated heterocycles. The van der Waals surface area contributed by atoms with Crippen LogP contribution >= 0.6 is 11.3 Å². The minimum absolute atomic E-state index is 0.0204. The van der Waals surface area contributed by atoms with Crippen LogP contribution in [-0.4, -0.2) is 74.0 Å². The fourth-order valence-electron chi connectivity index (χ4n) is 5.27. The smallest absolute Gasteiger partial charge is 0.247 e. The third kappa shape index (κ3) is 6.85. The Morgan fingerprint density at radius 1 is 1.05 bits per heavy atom. The summed E-state index contributed by atoms with van der Waals surface area (Å²) >= 11 is 0.903. The van der Waals surface area contributed by atoms with Crippen LogP contribution in [0.3, 0.4) is 0 Å². The van der Waals surface area contributed by atoms with Crippen LogP contribution in [-0.2, 0) is 24.2 Å². The predicted molar refractivity (Wildman–Crippen MR) is 151 cm³/mol. The van der Waals surface area contributed by atoms with E-state index < -0.39 is 28.0 Å². The first kappa shape index (κ1) is 29.2. The summed E-state index contributed by atoms with van der Waals surface area (Å²) in [5, 5.41) is 9.09. The highest BCUT2D eigenvalue weighted by Gasteiger charge is 2.41. The summed E-state index contributed by atoms with van der Waals surface area (Å²) < 4.78 is 24.4. The van der Waals surface area contributed by atoms with Crippen molar-refractivity contribution in [3.05, 3.63) is 30.3 Å². The monoisotopic (exact) mass is 575 g/mol. The average molecular weight is 576 g/mol. The fourth-order valence-corrected chi connectivity index (χ4v) is 7.11. The van der Waals surface area contributed by atoms with E-state index >= 15 is 0 Å². The first-order valence-corrected chi connectivity index (χ1v) is 16.2. The van der Waals surface area contributed by atoms with E-state index in [0.29, 0.717) is 35.6 Å². The van der Waals surface area contributed by atoms with Crippen molar-refractivity contribution >= 4 is 43.9 Å². The molecule has 1 aromatic carbocycles. The van der Waals surface area contributed by atoms with Crippen LogP contribution in [0.1, 0.15) is 51.9 Å². The Labute approximate surface area is 233 Å². The maximum Gasteiger partial charge on any atom is 0.247 e. The Bertz CT molecular complexity index is 1290. The lowest BCUT2D eigenvalue weighted by molar-refractivity contribution is -0.142. The summed E-state index contributed by atoms with van der Waals surface area (Å²) in [6, 6.07) is 7.19. The lowest BCUT2D eigenvalue weighted by Crippen LogP contribution is -2.57. The zero-order valence-electron chi connectivity index (χ0n) is 22.6. The molecule has 1 aromatic heterocycles. The van der Waals surface area contributed by atoms with Crippen LogP contribution in [0.15, 0.2) is 34.7 Å². The van der Waals surface area contributed by atoms with Gasteiger partial charge >= 0.3 is 0 Å². The quantitative estimate of drug-likeness (QED) is 0.418. The molecule has 3 amide bonds. The lowest BCUT2D eigenvalue weighted by atomic mass is 9.83. The molecular formula is C27H37N5O5S2. The maximum atomic E-state index is 13.9. The van der Waals surface area contributed by atoms with Crippen molar-refractivity contribution in [1.29, 1.82) is 0 Å². The number of carbonyl (C=O) groups is 3. The first-order chi connectivity index (χ1) is 18.6. The van der Waals surface area contributed by atoms with Crippen molar-refractivity contribution in [2.45, 2.75) is 74.3 Å². The molecule has 0 bridgehead atoms. The molecule has 0 radical (unpaired) electrons. The van der Waals surface area contributed by atoms with Gasteiger partial charge in [0.15, 0.2) is 0 Å². The molecule has 2 heterocycles. The SMILES string of the molecule is CN[C@@H](C)C(=O)N[C@H](C(=O)N1CCC[C@H]1C(=O)Nc1sc(S(C)(=O)=O)nc1-c1ccccc1)C1CCCCC1. The Morgan fingerprint density at radius 3 is 2.38 bits per heavy atom. The number of likely N-dealkylation sites (N-methyl/N-ethyl adjacent to an activating group) is 1. The van der Waals surface area contributed by atoms with Gasteiger partial charge in [0.1, 0.15) is 22.8 Å². The van der Waals surface area contributed by atoms with E-state index in [1.54, 1.807) is 31.0 Å². The van der Waals surface area contributed by atoms with Gasteiger partial charge < -0.3 is 20.9 Å². The Morgan fingerprint density at radius 2 is 1.74 bits per heavy atom. The molecule has 2 aromatic rings. The van der Waals surface area contributed by atoms with Gasteiger partial charge in [-0.25, -0.2) is 13.4 Å². The van der Waals surface area contributed by atoms with Gasteiger partial charge in [-0.15, -0.1) is 0 Å². The highest BCUT2D eigenvalue weighted by Crippen LogP contribution is 2.36. The van der Waals surface area contributed by atoms with Crippen molar-refractivity contribution in [2.24, 2.45) is 5.92 Å². The standard InChI is InChI=1S/C27H37N5O5S2/c1-17(28-2)23(33)29-22(19-13-8-5-9-14-19)26(35)32-16-10-15-20(32)24(34)31-25-21(18-11-6-4-7-12-18)30-27(38-25)39(3,36)37/h4,6-7,11-12,17,19-20,22,28H,5,8-10,13-16H2,1-3H3,(H,29,33)(H,31,34)/t17-,20-,22-/m0/s1. The molecule has 2 fully saturated rings. The van der Waals surface area contributed by atoms with Crippen LogP contribution in [0, 0.1) is 5.92 Å². The second-order valence-corrected chi connectivity index (χ2v) is 13.6. The summed E-state index contributed by atoms with van der Waals surface area (Å²) in [6.45, 7) is 2.16. The van der Waals surface area contributed by atoms with Crippen LogP contribution in [0.4, 0.5) is 5.00 Å². The molecule has 0 spiro atoms. The van der Waals surface area contributed by atoms with E-state index in [2.05, 4.69) is 20.9 Å². The minimum Gasteiger partial charge on any atom is -0.343 e. The van der Waals surface area contributed by atoms with E-state index in [4.69, 9.17) is 0 Å². The second-order valence-electron chi connectivity index (χ2n) is 10.4. The molecule has 1 aliphatic heterocycles. The summed E-state index contributed by atoms with van der Waals surface area (Å²) in [6.07, 6.45) is 7.05. The Hall–Kier alpha value is -2.83. The molecule has 212 valence electrons. The van der Waals surface area contributed by atoms with Gasteiger partial charge in [-0.2, -0.15) is 0 Å². The summed E-state index contributed by atoms with van der Waals surface area (Å²) in [4.78, 5) is 46.2. The van der Waals surface area contributed by atoms with E-state index in [1.807, 2.05) is 18.2 Å².